The zero-order valence-electron chi connectivity index (χ0n) is 18.8. The molecule has 0 bridgehead atoms. The summed E-state index contributed by atoms with van der Waals surface area (Å²) in [6.07, 6.45) is 7.57. The van der Waals surface area contributed by atoms with Gasteiger partial charge in [-0.15, -0.1) is 0 Å². The van der Waals surface area contributed by atoms with Crippen LogP contribution in [0.2, 0.25) is 0 Å². The van der Waals surface area contributed by atoms with E-state index in [0.717, 1.165) is 51.3 Å². The molecule has 0 unspecified atom stereocenters. The molecular weight excluding hydrogens is 428 g/mol. The van der Waals surface area contributed by atoms with Crippen LogP contribution in [0.3, 0.4) is 0 Å². The van der Waals surface area contributed by atoms with Crippen molar-refractivity contribution in [1.82, 2.24) is 19.4 Å². The Balaban J connectivity index is 1.38. The number of hydrogen-bond donors (Lipinski definition) is 0. The second-order valence-corrected chi connectivity index (χ2v) is 9.70. The summed E-state index contributed by atoms with van der Waals surface area (Å²) in [6.45, 7) is 0. The van der Waals surface area contributed by atoms with Gasteiger partial charge in [-0.3, -0.25) is 14.4 Å². The highest BCUT2D eigenvalue weighted by Crippen LogP contribution is 2.48. The van der Waals surface area contributed by atoms with E-state index in [1.165, 1.54) is 44.5 Å². The molecule has 3 aromatic carbocycles. The van der Waals surface area contributed by atoms with Gasteiger partial charge in [0, 0.05) is 29.4 Å². The molecule has 0 aliphatic heterocycles. The van der Waals surface area contributed by atoms with Crippen molar-refractivity contribution in [3.63, 3.8) is 0 Å². The topological polar surface area (TPSA) is 43.1 Å². The molecule has 0 saturated carbocycles. The second-order valence-electron chi connectivity index (χ2n) is 9.70. The summed E-state index contributed by atoms with van der Waals surface area (Å²) in [4.78, 5) is 14.3. The van der Waals surface area contributed by atoms with Crippen LogP contribution in [0.1, 0.15) is 22.3 Å². The molecule has 9 rings (SSSR count). The lowest BCUT2D eigenvalue weighted by Gasteiger charge is -2.09. The molecule has 35 heavy (non-hydrogen) atoms. The lowest BCUT2D eigenvalue weighted by Crippen LogP contribution is -1.93. The summed E-state index contributed by atoms with van der Waals surface area (Å²) in [5.41, 5.74) is 16.4. The fourth-order valence-electron chi connectivity index (χ4n) is 6.48. The fourth-order valence-corrected chi connectivity index (χ4v) is 6.48. The Morgan fingerprint density at radius 3 is 2.66 bits per heavy atom. The highest BCUT2D eigenvalue weighted by molar-refractivity contribution is 6.12. The molecule has 162 valence electrons. The van der Waals surface area contributed by atoms with Crippen LogP contribution in [0.4, 0.5) is 0 Å². The number of fused-ring (bicyclic) bond motifs is 15. The molecule has 4 aromatic heterocycles. The molecular formula is C31H18N4. The van der Waals surface area contributed by atoms with E-state index >= 15 is 0 Å². The molecule has 4 heterocycles. The van der Waals surface area contributed by atoms with Crippen LogP contribution in [0.5, 0.6) is 0 Å². The van der Waals surface area contributed by atoms with Crippen molar-refractivity contribution in [3.8, 4) is 22.3 Å². The van der Waals surface area contributed by atoms with Gasteiger partial charge in [-0.2, -0.15) is 0 Å². The van der Waals surface area contributed by atoms with Crippen LogP contribution < -0.4 is 0 Å². The van der Waals surface area contributed by atoms with Gasteiger partial charge in [-0.05, 0) is 87.7 Å². The van der Waals surface area contributed by atoms with Crippen molar-refractivity contribution in [3.05, 3.63) is 108 Å². The van der Waals surface area contributed by atoms with Crippen LogP contribution in [-0.2, 0) is 12.8 Å². The summed E-state index contributed by atoms with van der Waals surface area (Å²) in [5.74, 6) is 0. The maximum absolute atomic E-state index is 5.17. The van der Waals surface area contributed by atoms with Gasteiger partial charge in [0.1, 0.15) is 5.65 Å². The number of rotatable bonds is 0. The number of imidazole rings is 1. The Hall–Kier alpha value is -4.57. The van der Waals surface area contributed by atoms with Crippen molar-refractivity contribution in [1.29, 1.82) is 0 Å². The fraction of sp³-hybridized carbons (Fsp3) is 0.0645. The van der Waals surface area contributed by atoms with E-state index in [0.29, 0.717) is 0 Å². The Morgan fingerprint density at radius 1 is 0.686 bits per heavy atom. The smallest absolute Gasteiger partial charge is 0.148 e. The lowest BCUT2D eigenvalue weighted by atomic mass is 9.95. The third kappa shape index (κ3) is 2.15. The minimum atomic E-state index is 0.943. The van der Waals surface area contributed by atoms with E-state index in [1.54, 1.807) is 0 Å². The average molecular weight is 447 g/mol. The maximum Gasteiger partial charge on any atom is 0.148 e. The molecule has 4 nitrogen and oxygen atoms in total. The number of nitrogens with zero attached hydrogens (tertiary/aromatic N) is 4. The maximum atomic E-state index is 5.17. The van der Waals surface area contributed by atoms with Gasteiger partial charge in [-0.1, -0.05) is 36.4 Å². The Morgan fingerprint density at radius 2 is 1.66 bits per heavy atom. The second kappa shape index (κ2) is 6.10. The first kappa shape index (κ1) is 17.8. The molecule has 0 atom stereocenters. The first-order valence-electron chi connectivity index (χ1n) is 12.0. The first-order valence-corrected chi connectivity index (χ1v) is 12.0. The average Bonchev–Trinajstić information content (AvgIpc) is 3.58. The standard InChI is InChI=1S/C31H18N4/c1-2-5-20-17(4-1)13-24-21(20)8-7-18-12-19-14-28-26(15-23(19)29(18)24)34-31-25-16-32-11-9-22(25)30-27(35(28)31)6-3-10-33-30/h1-11,14-16H,12-13H2. The Labute approximate surface area is 200 Å². The van der Waals surface area contributed by atoms with Crippen molar-refractivity contribution in [2.24, 2.45) is 0 Å². The van der Waals surface area contributed by atoms with Crippen molar-refractivity contribution >= 4 is 38.5 Å². The number of aromatic nitrogens is 4. The molecule has 0 fully saturated rings. The van der Waals surface area contributed by atoms with Crippen LogP contribution in [-0.4, -0.2) is 19.4 Å². The molecule has 7 aromatic rings. The monoisotopic (exact) mass is 446 g/mol. The predicted octanol–water partition coefficient (Wildman–Crippen LogP) is 6.73. The molecule has 0 N–H and O–H groups in total. The molecule has 0 spiro atoms. The van der Waals surface area contributed by atoms with Gasteiger partial charge in [0.15, 0.2) is 0 Å². The first-order chi connectivity index (χ1) is 17.3. The quantitative estimate of drug-likeness (QED) is 0.243. The largest absolute Gasteiger partial charge is 0.290 e. The molecule has 4 heteroatoms. The number of benzene rings is 3. The minimum absolute atomic E-state index is 0.943. The molecule has 2 aliphatic rings. The summed E-state index contributed by atoms with van der Waals surface area (Å²) >= 11 is 0. The summed E-state index contributed by atoms with van der Waals surface area (Å²) in [5, 5.41) is 2.12. The van der Waals surface area contributed by atoms with Crippen molar-refractivity contribution in [2.45, 2.75) is 12.8 Å². The predicted molar refractivity (Wildman–Crippen MR) is 140 cm³/mol. The lowest BCUT2D eigenvalue weighted by molar-refractivity contribution is 1.23. The van der Waals surface area contributed by atoms with E-state index < -0.39 is 0 Å². The van der Waals surface area contributed by atoms with Crippen molar-refractivity contribution < 1.29 is 0 Å². The van der Waals surface area contributed by atoms with Crippen LogP contribution in [0, 0.1) is 0 Å². The van der Waals surface area contributed by atoms with Gasteiger partial charge in [0.2, 0.25) is 0 Å². The number of hydrogen-bond acceptors (Lipinski definition) is 3. The Bertz CT molecular complexity index is 2070. The van der Waals surface area contributed by atoms with Gasteiger partial charge < -0.3 is 0 Å². The van der Waals surface area contributed by atoms with Gasteiger partial charge in [-0.25, -0.2) is 4.98 Å². The van der Waals surface area contributed by atoms with E-state index in [2.05, 4.69) is 64.0 Å². The third-order valence-corrected chi connectivity index (χ3v) is 7.95. The minimum Gasteiger partial charge on any atom is -0.290 e. The zero-order chi connectivity index (χ0) is 22.7. The van der Waals surface area contributed by atoms with E-state index in [-0.39, 0.29) is 0 Å². The molecule has 2 aliphatic carbocycles. The normalized spacial score (nSPS) is 13.5. The van der Waals surface area contributed by atoms with Crippen LogP contribution in [0.15, 0.2) is 85.3 Å². The van der Waals surface area contributed by atoms with Gasteiger partial charge in [0.05, 0.1) is 22.1 Å². The third-order valence-electron chi connectivity index (χ3n) is 7.95. The van der Waals surface area contributed by atoms with E-state index in [9.17, 15) is 0 Å². The van der Waals surface area contributed by atoms with Crippen molar-refractivity contribution in [2.75, 3.05) is 0 Å². The van der Waals surface area contributed by atoms with Gasteiger partial charge >= 0.3 is 0 Å². The summed E-state index contributed by atoms with van der Waals surface area (Å²) in [6, 6.07) is 24.3. The molecule has 0 radical (unpaired) electrons. The van der Waals surface area contributed by atoms with E-state index in [4.69, 9.17) is 9.97 Å². The molecule has 0 amide bonds. The number of pyridine rings is 3. The summed E-state index contributed by atoms with van der Waals surface area (Å²) in [7, 11) is 0. The van der Waals surface area contributed by atoms with Crippen LogP contribution in [0.25, 0.3) is 60.7 Å². The molecule has 0 saturated heterocycles. The summed E-state index contributed by atoms with van der Waals surface area (Å²) < 4.78 is 2.27. The Kier molecular flexibility index (Phi) is 3.11. The van der Waals surface area contributed by atoms with Gasteiger partial charge in [0.25, 0.3) is 0 Å². The van der Waals surface area contributed by atoms with Crippen LogP contribution >= 0.6 is 0 Å². The zero-order valence-corrected chi connectivity index (χ0v) is 18.8. The highest BCUT2D eigenvalue weighted by atomic mass is 15.0. The SMILES string of the molecule is c1ccc2c(c1)Cc1c-2ccc2c1-c1cc3nc4c5cnccc5c5ncccc5n4c3cc1C2. The van der Waals surface area contributed by atoms with E-state index in [1.807, 2.05) is 30.7 Å². The highest BCUT2D eigenvalue weighted by Gasteiger charge is 2.29.